The molecule has 58 valence electrons. The molecule has 0 radical (unpaired) electrons. The lowest BCUT2D eigenvalue weighted by Crippen LogP contribution is -2.25. The van der Waals surface area contributed by atoms with Crippen LogP contribution in [0, 0.1) is 5.92 Å². The molecule has 1 heterocycles. The van der Waals surface area contributed by atoms with Gasteiger partial charge in [-0.15, -0.1) is 0 Å². The molecule has 1 saturated heterocycles. The van der Waals surface area contributed by atoms with E-state index in [0.717, 1.165) is 19.4 Å². The predicted molar refractivity (Wildman–Crippen MR) is 34.1 cm³/mol. The molecule has 1 saturated carbocycles. The summed E-state index contributed by atoms with van der Waals surface area (Å²) in [4.78, 5) is 0. The Labute approximate surface area is 58.8 Å². The Morgan fingerprint density at radius 3 is 2.50 bits per heavy atom. The van der Waals surface area contributed by atoms with Crippen molar-refractivity contribution in [3.05, 3.63) is 0 Å². The highest BCUT2D eigenvalue weighted by Gasteiger charge is 2.60. The molecule has 0 aromatic heterocycles. The van der Waals surface area contributed by atoms with E-state index in [9.17, 15) is 8.78 Å². The molecule has 0 spiro atoms. The summed E-state index contributed by atoms with van der Waals surface area (Å²) in [6.07, 6.45) is 2.13. The Hall–Kier alpha value is -0.180. The Bertz CT molecular complexity index is 138. The van der Waals surface area contributed by atoms with E-state index >= 15 is 0 Å². The molecular formula is C7H11F2N. The fraction of sp³-hybridized carbons (Fsp3) is 1.00. The van der Waals surface area contributed by atoms with Crippen molar-refractivity contribution in [2.24, 2.45) is 5.92 Å². The molecule has 0 amide bonds. The molecule has 1 aliphatic heterocycles. The van der Waals surface area contributed by atoms with E-state index in [-0.39, 0.29) is 18.4 Å². The van der Waals surface area contributed by atoms with Crippen LogP contribution in [0.15, 0.2) is 0 Å². The Kier molecular flexibility index (Phi) is 1.24. The van der Waals surface area contributed by atoms with Crippen LogP contribution in [-0.4, -0.2) is 18.5 Å². The molecule has 3 heteroatoms. The number of alkyl halides is 2. The third-order valence-corrected chi connectivity index (χ3v) is 2.46. The van der Waals surface area contributed by atoms with Gasteiger partial charge in [0, 0.05) is 18.4 Å². The van der Waals surface area contributed by atoms with Crippen molar-refractivity contribution in [3.63, 3.8) is 0 Å². The summed E-state index contributed by atoms with van der Waals surface area (Å²) in [5.41, 5.74) is 0. The van der Waals surface area contributed by atoms with Gasteiger partial charge in [-0.1, -0.05) is 0 Å². The van der Waals surface area contributed by atoms with Gasteiger partial charge in [0.05, 0.1) is 0 Å². The van der Waals surface area contributed by atoms with E-state index in [0.29, 0.717) is 0 Å². The first-order valence-electron chi connectivity index (χ1n) is 3.81. The van der Waals surface area contributed by atoms with E-state index in [1.807, 2.05) is 0 Å². The molecule has 2 unspecified atom stereocenters. The molecule has 2 atom stereocenters. The van der Waals surface area contributed by atoms with Crippen LogP contribution in [-0.2, 0) is 0 Å². The highest BCUT2D eigenvalue weighted by molar-refractivity contribution is 5.03. The third kappa shape index (κ3) is 0.926. The summed E-state index contributed by atoms with van der Waals surface area (Å²) in [6, 6.07) is 0.120. The standard InChI is InChI=1S/C7H11F2N/c8-7(9)4-5(7)6-2-1-3-10-6/h5-6,10H,1-4H2. The van der Waals surface area contributed by atoms with Gasteiger partial charge in [0.25, 0.3) is 5.92 Å². The van der Waals surface area contributed by atoms with Gasteiger partial charge in [-0.25, -0.2) is 8.78 Å². The van der Waals surface area contributed by atoms with E-state index in [1.165, 1.54) is 0 Å². The van der Waals surface area contributed by atoms with Crippen LogP contribution in [0.3, 0.4) is 0 Å². The molecule has 0 bridgehead atoms. The van der Waals surface area contributed by atoms with Crippen LogP contribution >= 0.6 is 0 Å². The summed E-state index contributed by atoms with van der Waals surface area (Å²) in [6.45, 7) is 0.928. The topological polar surface area (TPSA) is 12.0 Å². The molecule has 10 heavy (non-hydrogen) atoms. The van der Waals surface area contributed by atoms with Crippen molar-refractivity contribution in [2.75, 3.05) is 6.54 Å². The Balaban J connectivity index is 1.90. The van der Waals surface area contributed by atoms with Crippen LogP contribution in [0.4, 0.5) is 8.78 Å². The van der Waals surface area contributed by atoms with E-state index in [1.54, 1.807) is 0 Å². The third-order valence-electron chi connectivity index (χ3n) is 2.46. The van der Waals surface area contributed by atoms with Gasteiger partial charge in [-0.2, -0.15) is 0 Å². The number of hydrogen-bond acceptors (Lipinski definition) is 1. The normalized spacial score (nSPS) is 43.8. The predicted octanol–water partition coefficient (Wildman–Crippen LogP) is 1.39. The van der Waals surface area contributed by atoms with Crippen molar-refractivity contribution in [1.29, 1.82) is 0 Å². The molecule has 1 nitrogen and oxygen atoms in total. The fourth-order valence-corrected chi connectivity index (χ4v) is 1.73. The first-order chi connectivity index (χ1) is 4.70. The molecule has 2 fully saturated rings. The lowest BCUT2D eigenvalue weighted by atomic mass is 10.1. The van der Waals surface area contributed by atoms with Crippen LogP contribution in [0.25, 0.3) is 0 Å². The zero-order chi connectivity index (χ0) is 7.19. The molecular weight excluding hydrogens is 136 g/mol. The molecule has 1 aliphatic carbocycles. The van der Waals surface area contributed by atoms with Crippen molar-refractivity contribution < 1.29 is 8.78 Å². The van der Waals surface area contributed by atoms with Gasteiger partial charge in [-0.05, 0) is 19.4 Å². The van der Waals surface area contributed by atoms with Gasteiger partial charge in [0.2, 0.25) is 0 Å². The zero-order valence-electron chi connectivity index (χ0n) is 5.74. The van der Waals surface area contributed by atoms with E-state index in [2.05, 4.69) is 5.32 Å². The van der Waals surface area contributed by atoms with Crippen LogP contribution in [0.2, 0.25) is 0 Å². The second-order valence-electron chi connectivity index (χ2n) is 3.27. The van der Waals surface area contributed by atoms with Gasteiger partial charge in [-0.3, -0.25) is 0 Å². The van der Waals surface area contributed by atoms with Crippen molar-refractivity contribution in [3.8, 4) is 0 Å². The Morgan fingerprint density at radius 1 is 1.40 bits per heavy atom. The summed E-state index contributed by atoms with van der Waals surface area (Å²) in [7, 11) is 0. The number of hydrogen-bond donors (Lipinski definition) is 1. The quantitative estimate of drug-likeness (QED) is 0.591. The number of nitrogens with one attached hydrogen (secondary N) is 1. The molecule has 2 aliphatic rings. The maximum absolute atomic E-state index is 12.4. The van der Waals surface area contributed by atoms with Crippen LogP contribution < -0.4 is 5.32 Å². The first-order valence-corrected chi connectivity index (χ1v) is 3.81. The summed E-state index contributed by atoms with van der Waals surface area (Å²) in [5.74, 6) is -2.67. The Morgan fingerprint density at radius 2 is 2.10 bits per heavy atom. The monoisotopic (exact) mass is 147 g/mol. The average molecular weight is 147 g/mol. The number of halogens is 2. The second kappa shape index (κ2) is 1.91. The minimum atomic E-state index is -2.33. The van der Waals surface area contributed by atoms with E-state index < -0.39 is 5.92 Å². The number of rotatable bonds is 1. The zero-order valence-corrected chi connectivity index (χ0v) is 5.74. The summed E-state index contributed by atoms with van der Waals surface area (Å²) < 4.78 is 24.8. The SMILES string of the molecule is FC1(F)CC1C1CCCN1. The smallest absolute Gasteiger partial charge is 0.253 e. The van der Waals surface area contributed by atoms with Gasteiger partial charge in [0.1, 0.15) is 0 Å². The molecule has 1 N–H and O–H groups in total. The highest BCUT2D eigenvalue weighted by Crippen LogP contribution is 2.51. The molecule has 2 rings (SSSR count). The summed E-state index contributed by atoms with van der Waals surface area (Å²) >= 11 is 0. The van der Waals surface area contributed by atoms with Crippen molar-refractivity contribution in [2.45, 2.75) is 31.2 Å². The van der Waals surface area contributed by atoms with Crippen LogP contribution in [0.1, 0.15) is 19.3 Å². The minimum Gasteiger partial charge on any atom is -0.313 e. The maximum atomic E-state index is 12.4. The molecule has 0 aromatic carbocycles. The van der Waals surface area contributed by atoms with Gasteiger partial charge >= 0.3 is 0 Å². The fourth-order valence-electron chi connectivity index (χ4n) is 1.73. The lowest BCUT2D eigenvalue weighted by molar-refractivity contribution is 0.0915. The lowest BCUT2D eigenvalue weighted by Gasteiger charge is -2.06. The van der Waals surface area contributed by atoms with Gasteiger partial charge in [0.15, 0.2) is 0 Å². The maximum Gasteiger partial charge on any atom is 0.253 e. The minimum absolute atomic E-state index is 0.116. The van der Waals surface area contributed by atoms with Gasteiger partial charge < -0.3 is 5.32 Å². The first kappa shape index (κ1) is 6.53. The largest absolute Gasteiger partial charge is 0.313 e. The van der Waals surface area contributed by atoms with E-state index in [4.69, 9.17) is 0 Å². The van der Waals surface area contributed by atoms with Crippen molar-refractivity contribution in [1.82, 2.24) is 5.32 Å². The van der Waals surface area contributed by atoms with Crippen LogP contribution in [0.5, 0.6) is 0 Å². The summed E-state index contributed by atoms with van der Waals surface area (Å²) in [5, 5.41) is 3.09. The second-order valence-corrected chi connectivity index (χ2v) is 3.27. The van der Waals surface area contributed by atoms with Crippen molar-refractivity contribution >= 4 is 0 Å². The average Bonchev–Trinajstić information content (AvgIpc) is 2.31. The highest BCUT2D eigenvalue weighted by atomic mass is 19.3. The molecule has 0 aromatic rings.